The third-order valence-corrected chi connectivity index (χ3v) is 2.96. The summed E-state index contributed by atoms with van der Waals surface area (Å²) >= 11 is 0. The molecular formula is C16H17NO. The molecule has 2 nitrogen and oxygen atoms in total. The van der Waals surface area contributed by atoms with Crippen LogP contribution in [0, 0.1) is 0 Å². The van der Waals surface area contributed by atoms with Crippen LogP contribution in [0.25, 0.3) is 0 Å². The Morgan fingerprint density at radius 1 is 1.11 bits per heavy atom. The molecule has 0 saturated carbocycles. The molecule has 2 heteroatoms. The van der Waals surface area contributed by atoms with Crippen molar-refractivity contribution in [1.29, 1.82) is 0 Å². The van der Waals surface area contributed by atoms with Gasteiger partial charge in [0.2, 0.25) is 0 Å². The largest absolute Gasteiger partial charge is 0.300 e. The maximum Gasteiger partial charge on any atom is 0.130 e. The molecule has 1 aromatic carbocycles. The molecule has 0 aliphatic heterocycles. The number of aromatic nitrogens is 1. The number of hydrogen-bond donors (Lipinski definition) is 0. The third-order valence-electron chi connectivity index (χ3n) is 2.96. The smallest absolute Gasteiger partial charge is 0.130 e. The lowest BCUT2D eigenvalue weighted by atomic mass is 9.91. The molecule has 0 aliphatic rings. The van der Waals surface area contributed by atoms with E-state index in [1.165, 1.54) is 5.56 Å². The minimum Gasteiger partial charge on any atom is -0.300 e. The molecule has 0 saturated heterocycles. The van der Waals surface area contributed by atoms with E-state index in [2.05, 4.69) is 17.1 Å². The number of pyridine rings is 1. The van der Waals surface area contributed by atoms with Gasteiger partial charge in [-0.1, -0.05) is 36.4 Å². The van der Waals surface area contributed by atoms with Gasteiger partial charge in [0, 0.05) is 24.2 Å². The van der Waals surface area contributed by atoms with Crippen LogP contribution in [0.4, 0.5) is 0 Å². The average molecular weight is 239 g/mol. The van der Waals surface area contributed by atoms with E-state index >= 15 is 0 Å². The van der Waals surface area contributed by atoms with Gasteiger partial charge >= 0.3 is 0 Å². The highest BCUT2D eigenvalue weighted by molar-refractivity contribution is 5.76. The molecule has 2 rings (SSSR count). The summed E-state index contributed by atoms with van der Waals surface area (Å²) in [4.78, 5) is 15.8. The van der Waals surface area contributed by atoms with E-state index in [1.807, 2.05) is 36.4 Å². The topological polar surface area (TPSA) is 30.0 Å². The molecule has 1 heterocycles. The van der Waals surface area contributed by atoms with E-state index in [4.69, 9.17) is 0 Å². The van der Waals surface area contributed by atoms with Crippen LogP contribution in [0.1, 0.15) is 30.5 Å². The maximum absolute atomic E-state index is 11.4. The van der Waals surface area contributed by atoms with E-state index in [9.17, 15) is 4.79 Å². The predicted octanol–water partition coefficient (Wildman–Crippen LogP) is 3.39. The number of benzene rings is 1. The normalized spacial score (nSPS) is 12.1. The fourth-order valence-corrected chi connectivity index (χ4v) is 2.14. The van der Waals surface area contributed by atoms with Crippen LogP contribution in [0.5, 0.6) is 0 Å². The van der Waals surface area contributed by atoms with Crippen molar-refractivity contribution in [2.75, 3.05) is 0 Å². The Morgan fingerprint density at radius 2 is 1.83 bits per heavy atom. The van der Waals surface area contributed by atoms with Crippen LogP contribution >= 0.6 is 0 Å². The monoisotopic (exact) mass is 239 g/mol. The van der Waals surface area contributed by atoms with Crippen LogP contribution in [-0.2, 0) is 11.2 Å². The highest BCUT2D eigenvalue weighted by atomic mass is 16.1. The van der Waals surface area contributed by atoms with Gasteiger partial charge in [-0.05, 0) is 31.0 Å². The van der Waals surface area contributed by atoms with Crippen molar-refractivity contribution in [3.63, 3.8) is 0 Å². The summed E-state index contributed by atoms with van der Waals surface area (Å²) in [6.07, 6.45) is 3.19. The summed E-state index contributed by atoms with van der Waals surface area (Å²) in [5.41, 5.74) is 2.24. The second-order valence-corrected chi connectivity index (χ2v) is 4.55. The number of carbonyl (C=O) groups is 1. The Morgan fingerprint density at radius 3 is 2.44 bits per heavy atom. The molecule has 0 bridgehead atoms. The average Bonchev–Trinajstić information content (AvgIpc) is 2.40. The molecule has 18 heavy (non-hydrogen) atoms. The second-order valence-electron chi connectivity index (χ2n) is 4.55. The number of ketones is 1. The highest BCUT2D eigenvalue weighted by Crippen LogP contribution is 2.22. The van der Waals surface area contributed by atoms with Gasteiger partial charge in [-0.25, -0.2) is 0 Å². The first-order chi connectivity index (χ1) is 8.75. The zero-order valence-corrected chi connectivity index (χ0v) is 10.5. The number of nitrogens with zero attached hydrogens (tertiary/aromatic N) is 1. The molecular weight excluding hydrogens is 222 g/mol. The molecule has 0 N–H and O–H groups in total. The lowest BCUT2D eigenvalue weighted by molar-refractivity contribution is -0.117. The van der Waals surface area contributed by atoms with Crippen molar-refractivity contribution in [2.45, 2.75) is 25.7 Å². The fraction of sp³-hybridized carbons (Fsp3) is 0.250. The first-order valence-electron chi connectivity index (χ1n) is 6.20. The van der Waals surface area contributed by atoms with Gasteiger partial charge < -0.3 is 4.79 Å². The fourth-order valence-electron chi connectivity index (χ4n) is 2.14. The van der Waals surface area contributed by atoms with E-state index < -0.39 is 0 Å². The summed E-state index contributed by atoms with van der Waals surface area (Å²) in [7, 11) is 0. The first-order valence-corrected chi connectivity index (χ1v) is 6.20. The van der Waals surface area contributed by atoms with Crippen LogP contribution in [0.2, 0.25) is 0 Å². The summed E-state index contributed by atoms with van der Waals surface area (Å²) in [6.45, 7) is 1.64. The van der Waals surface area contributed by atoms with Gasteiger partial charge in [0.1, 0.15) is 5.78 Å². The third kappa shape index (κ3) is 3.52. The molecule has 0 aliphatic carbocycles. The van der Waals surface area contributed by atoms with Gasteiger partial charge in [0.05, 0.1) is 0 Å². The standard InChI is InChI=1S/C16H17NO/c1-13(18)11-15(16-9-5-6-10-17-16)12-14-7-3-2-4-8-14/h2-10,15H,11-12H2,1H3. The molecule has 1 unspecified atom stereocenters. The molecule has 0 fully saturated rings. The Labute approximate surface area is 108 Å². The minimum absolute atomic E-state index is 0.172. The lowest BCUT2D eigenvalue weighted by Gasteiger charge is -2.15. The van der Waals surface area contributed by atoms with Crippen LogP contribution < -0.4 is 0 Å². The van der Waals surface area contributed by atoms with Crippen LogP contribution in [-0.4, -0.2) is 10.8 Å². The van der Waals surface area contributed by atoms with Gasteiger partial charge in [-0.15, -0.1) is 0 Å². The van der Waals surface area contributed by atoms with E-state index in [-0.39, 0.29) is 11.7 Å². The van der Waals surface area contributed by atoms with Gasteiger partial charge in [0.25, 0.3) is 0 Å². The molecule has 0 radical (unpaired) electrons. The highest BCUT2D eigenvalue weighted by Gasteiger charge is 2.15. The van der Waals surface area contributed by atoms with Gasteiger partial charge in [-0.2, -0.15) is 0 Å². The van der Waals surface area contributed by atoms with Crippen molar-refractivity contribution in [1.82, 2.24) is 4.98 Å². The first kappa shape index (κ1) is 12.5. The van der Waals surface area contributed by atoms with Crippen molar-refractivity contribution in [3.05, 3.63) is 66.0 Å². The van der Waals surface area contributed by atoms with Crippen molar-refractivity contribution in [2.24, 2.45) is 0 Å². The Bertz CT molecular complexity index is 493. The molecule has 0 spiro atoms. The number of Topliss-reactive ketones (excluding diaryl/α,β-unsaturated/α-hetero) is 1. The molecule has 1 atom stereocenters. The number of rotatable bonds is 5. The molecule has 1 aromatic heterocycles. The van der Waals surface area contributed by atoms with Crippen molar-refractivity contribution < 1.29 is 4.79 Å². The van der Waals surface area contributed by atoms with E-state index in [0.717, 1.165) is 12.1 Å². The summed E-state index contributed by atoms with van der Waals surface area (Å²) in [6, 6.07) is 16.1. The van der Waals surface area contributed by atoms with Crippen molar-refractivity contribution in [3.8, 4) is 0 Å². The number of hydrogen-bond acceptors (Lipinski definition) is 2. The van der Waals surface area contributed by atoms with E-state index in [0.29, 0.717) is 6.42 Å². The molecule has 2 aromatic rings. The Kier molecular flexibility index (Phi) is 4.24. The molecule has 0 amide bonds. The Balaban J connectivity index is 2.18. The summed E-state index contributed by atoms with van der Waals surface area (Å²) < 4.78 is 0. The van der Waals surface area contributed by atoms with Gasteiger partial charge in [-0.3, -0.25) is 4.98 Å². The zero-order chi connectivity index (χ0) is 12.8. The summed E-state index contributed by atoms with van der Waals surface area (Å²) in [5, 5.41) is 0. The zero-order valence-electron chi connectivity index (χ0n) is 10.5. The predicted molar refractivity (Wildman–Crippen MR) is 72.4 cm³/mol. The maximum atomic E-state index is 11.4. The quantitative estimate of drug-likeness (QED) is 0.800. The van der Waals surface area contributed by atoms with Gasteiger partial charge in [0.15, 0.2) is 0 Å². The van der Waals surface area contributed by atoms with Crippen LogP contribution in [0.15, 0.2) is 54.7 Å². The van der Waals surface area contributed by atoms with Crippen LogP contribution in [0.3, 0.4) is 0 Å². The lowest BCUT2D eigenvalue weighted by Crippen LogP contribution is -2.09. The number of carbonyl (C=O) groups excluding carboxylic acids is 1. The minimum atomic E-state index is 0.172. The SMILES string of the molecule is CC(=O)CC(Cc1ccccc1)c1ccccn1. The Hall–Kier alpha value is -1.96. The van der Waals surface area contributed by atoms with E-state index in [1.54, 1.807) is 13.1 Å². The molecule has 92 valence electrons. The summed E-state index contributed by atoms with van der Waals surface area (Å²) in [5.74, 6) is 0.382. The van der Waals surface area contributed by atoms with Crippen molar-refractivity contribution >= 4 is 5.78 Å². The second kappa shape index (κ2) is 6.10.